The van der Waals surface area contributed by atoms with Gasteiger partial charge in [0.15, 0.2) is 0 Å². The molecule has 30 heavy (non-hydrogen) atoms. The molecule has 0 fully saturated rings. The van der Waals surface area contributed by atoms with Gasteiger partial charge >= 0.3 is 191 Å². The molecule has 0 atom stereocenters. The summed E-state index contributed by atoms with van der Waals surface area (Å²) in [4.78, 5) is 0. The standard InChI is InChI=1S/C28H32BrP/c1-24(2)14-13-15-25(3)22-23-30(29,26-16-7-4-8-17-26,27-18-9-5-10-19-27)28-20-11-6-12-21-28/h4-12,14,16-22H,13,15,23H2,1-3H3. The van der Waals surface area contributed by atoms with Gasteiger partial charge in [-0.2, -0.15) is 0 Å². The van der Waals surface area contributed by atoms with Crippen LogP contribution in [0.5, 0.6) is 0 Å². The predicted octanol–water partition coefficient (Wildman–Crippen LogP) is 7.52. The van der Waals surface area contributed by atoms with Crippen molar-refractivity contribution in [1.29, 1.82) is 0 Å². The van der Waals surface area contributed by atoms with E-state index in [2.05, 4.69) is 139 Å². The van der Waals surface area contributed by atoms with E-state index in [-0.39, 0.29) is 0 Å². The minimum atomic E-state index is -2.84. The van der Waals surface area contributed by atoms with E-state index in [1.54, 1.807) is 0 Å². The van der Waals surface area contributed by atoms with Crippen molar-refractivity contribution in [3.8, 4) is 0 Å². The van der Waals surface area contributed by atoms with Crippen molar-refractivity contribution in [3.05, 3.63) is 114 Å². The second kappa shape index (κ2) is 9.90. The summed E-state index contributed by atoms with van der Waals surface area (Å²) >= 11 is 4.51. The van der Waals surface area contributed by atoms with Gasteiger partial charge < -0.3 is 0 Å². The molecule has 156 valence electrons. The van der Waals surface area contributed by atoms with Crippen LogP contribution in [0.25, 0.3) is 0 Å². The summed E-state index contributed by atoms with van der Waals surface area (Å²) in [5.41, 5.74) is 2.84. The van der Waals surface area contributed by atoms with Gasteiger partial charge in [0, 0.05) is 0 Å². The first-order valence-electron chi connectivity index (χ1n) is 10.6. The number of hydrogen-bond donors (Lipinski definition) is 0. The maximum atomic E-state index is 4.51. The Morgan fingerprint density at radius 1 is 0.667 bits per heavy atom. The fourth-order valence-electron chi connectivity index (χ4n) is 4.00. The van der Waals surface area contributed by atoms with Gasteiger partial charge in [-0.15, -0.1) is 0 Å². The molecule has 0 aliphatic heterocycles. The van der Waals surface area contributed by atoms with Crippen LogP contribution in [0, 0.1) is 0 Å². The molecule has 0 bridgehead atoms. The molecule has 0 nitrogen and oxygen atoms in total. The van der Waals surface area contributed by atoms with E-state index in [0.29, 0.717) is 0 Å². The van der Waals surface area contributed by atoms with Crippen molar-refractivity contribution in [1.82, 2.24) is 0 Å². The number of allylic oxidation sites excluding steroid dienone is 4. The molecule has 0 radical (unpaired) electrons. The third-order valence-corrected chi connectivity index (χ3v) is 15.3. The van der Waals surface area contributed by atoms with Crippen molar-refractivity contribution in [2.45, 2.75) is 33.6 Å². The van der Waals surface area contributed by atoms with Gasteiger partial charge in [0.2, 0.25) is 0 Å². The topological polar surface area (TPSA) is 0 Å². The molecule has 0 saturated carbocycles. The fourth-order valence-corrected chi connectivity index (χ4v) is 11.1. The number of halogens is 1. The Bertz CT molecular complexity index is 901. The van der Waals surface area contributed by atoms with Crippen LogP contribution in [0.2, 0.25) is 0 Å². The molecular weight excluding hydrogens is 447 g/mol. The number of rotatable bonds is 8. The fraction of sp³-hybridized carbons (Fsp3) is 0.214. The SMILES string of the molecule is CC(C)=CCCC(C)=CCP(Br)(c1ccccc1)(c1ccccc1)c1ccccc1. The van der Waals surface area contributed by atoms with Crippen LogP contribution >= 0.6 is 20.8 Å². The average Bonchev–Trinajstić information content (AvgIpc) is 2.79. The maximum absolute atomic E-state index is 4.51. The van der Waals surface area contributed by atoms with Crippen molar-refractivity contribution in [3.63, 3.8) is 0 Å². The van der Waals surface area contributed by atoms with Gasteiger partial charge in [-0.3, -0.25) is 0 Å². The Labute approximate surface area is 190 Å². The van der Waals surface area contributed by atoms with Crippen LogP contribution in [0.3, 0.4) is 0 Å². The molecule has 3 aromatic carbocycles. The molecule has 0 spiro atoms. The normalized spacial score (nSPS) is 13.3. The van der Waals surface area contributed by atoms with Gasteiger partial charge in [0.25, 0.3) is 0 Å². The van der Waals surface area contributed by atoms with Crippen LogP contribution < -0.4 is 15.9 Å². The van der Waals surface area contributed by atoms with Gasteiger partial charge in [0.1, 0.15) is 0 Å². The first-order valence-corrected chi connectivity index (χ1v) is 15.1. The van der Waals surface area contributed by atoms with Crippen LogP contribution in [-0.2, 0) is 0 Å². The van der Waals surface area contributed by atoms with Crippen molar-refractivity contribution in [2.75, 3.05) is 6.16 Å². The quantitative estimate of drug-likeness (QED) is 0.232. The van der Waals surface area contributed by atoms with E-state index in [1.165, 1.54) is 27.1 Å². The minimum absolute atomic E-state index is 0.963. The van der Waals surface area contributed by atoms with E-state index < -0.39 is 5.31 Å². The average molecular weight is 479 g/mol. The first kappa shape index (κ1) is 22.7. The summed E-state index contributed by atoms with van der Waals surface area (Å²) in [5, 5.41) is 1.27. The molecule has 3 aromatic rings. The van der Waals surface area contributed by atoms with Crippen molar-refractivity contribution in [2.24, 2.45) is 0 Å². The number of hydrogen-bond acceptors (Lipinski definition) is 0. The molecular formula is C28H32BrP. The zero-order valence-electron chi connectivity index (χ0n) is 18.3. The molecule has 0 N–H and O–H groups in total. The second-order valence-electron chi connectivity index (χ2n) is 8.24. The molecule has 2 heteroatoms. The monoisotopic (exact) mass is 478 g/mol. The third-order valence-electron chi connectivity index (χ3n) is 5.76. The van der Waals surface area contributed by atoms with Gasteiger partial charge in [-0.25, -0.2) is 0 Å². The molecule has 0 saturated heterocycles. The summed E-state index contributed by atoms with van der Waals surface area (Å²) in [6.07, 6.45) is 7.97. The molecule has 3 rings (SSSR count). The molecule has 0 aromatic heterocycles. The Morgan fingerprint density at radius 2 is 1.07 bits per heavy atom. The first-order chi connectivity index (χ1) is 14.4. The molecule has 0 unspecified atom stereocenters. The van der Waals surface area contributed by atoms with Crippen molar-refractivity contribution >= 4 is 36.7 Å². The van der Waals surface area contributed by atoms with E-state index in [4.69, 9.17) is 0 Å². The summed E-state index contributed by atoms with van der Waals surface area (Å²) < 4.78 is 0. The zero-order chi connectivity index (χ0) is 21.5. The summed E-state index contributed by atoms with van der Waals surface area (Å²) in [5.74, 6) is 0. The summed E-state index contributed by atoms with van der Waals surface area (Å²) in [6.45, 7) is 6.61. The Hall–Kier alpha value is -1.95. The molecule has 0 amide bonds. The van der Waals surface area contributed by atoms with Crippen LogP contribution in [-0.4, -0.2) is 6.16 Å². The van der Waals surface area contributed by atoms with E-state index >= 15 is 0 Å². The predicted molar refractivity (Wildman–Crippen MR) is 141 cm³/mol. The number of benzene rings is 3. The molecule has 0 aliphatic carbocycles. The third kappa shape index (κ3) is 4.69. The van der Waals surface area contributed by atoms with Gasteiger partial charge in [-0.05, 0) is 0 Å². The molecule has 0 aliphatic rings. The van der Waals surface area contributed by atoms with Gasteiger partial charge in [-0.1, -0.05) is 0 Å². The van der Waals surface area contributed by atoms with Crippen LogP contribution in [0.1, 0.15) is 33.6 Å². The van der Waals surface area contributed by atoms with Gasteiger partial charge in [0.05, 0.1) is 0 Å². The van der Waals surface area contributed by atoms with E-state index in [9.17, 15) is 0 Å². The van der Waals surface area contributed by atoms with Crippen molar-refractivity contribution < 1.29 is 0 Å². The Kier molecular flexibility index (Phi) is 7.50. The Morgan fingerprint density at radius 3 is 1.43 bits per heavy atom. The van der Waals surface area contributed by atoms with Crippen LogP contribution in [0.15, 0.2) is 114 Å². The van der Waals surface area contributed by atoms with E-state index in [0.717, 1.165) is 19.0 Å². The van der Waals surface area contributed by atoms with Crippen LogP contribution in [0.4, 0.5) is 0 Å². The summed E-state index contributed by atoms with van der Waals surface area (Å²) in [6, 6.07) is 33.0. The Balaban J connectivity index is 2.19. The zero-order valence-corrected chi connectivity index (χ0v) is 20.7. The summed E-state index contributed by atoms with van der Waals surface area (Å²) in [7, 11) is 0. The van der Waals surface area contributed by atoms with E-state index in [1.807, 2.05) is 0 Å². The second-order valence-corrected chi connectivity index (χ2v) is 17.2. The molecule has 0 heterocycles.